The predicted octanol–water partition coefficient (Wildman–Crippen LogP) is 4.91. The van der Waals surface area contributed by atoms with Gasteiger partial charge in [-0.2, -0.15) is 0 Å². The maximum Gasteiger partial charge on any atom is 0.268 e. The molecule has 8 heteroatoms. The lowest BCUT2D eigenvalue weighted by Gasteiger charge is -2.12. The van der Waals surface area contributed by atoms with E-state index >= 15 is 0 Å². The smallest absolute Gasteiger partial charge is 0.268 e. The first kappa shape index (κ1) is 20.6. The predicted molar refractivity (Wildman–Crippen MR) is 114 cm³/mol. The Balaban J connectivity index is 1.78. The number of rotatable bonds is 6. The molecular weight excluding hydrogens is 510 g/mol. The largest absolute Gasteiger partial charge is 0.488 e. The van der Waals surface area contributed by atoms with Crippen LogP contribution >= 0.6 is 31.9 Å². The second-order valence-electron chi connectivity index (χ2n) is 5.80. The van der Waals surface area contributed by atoms with E-state index in [1.165, 1.54) is 18.2 Å². The number of ether oxygens (including phenoxy) is 1. The summed E-state index contributed by atoms with van der Waals surface area (Å²) in [6.45, 7) is 0.246. The van der Waals surface area contributed by atoms with E-state index in [4.69, 9.17) is 4.74 Å². The van der Waals surface area contributed by atoms with Crippen molar-refractivity contribution in [1.82, 2.24) is 4.72 Å². The number of hydrogen-bond acceptors (Lipinski definition) is 4. The van der Waals surface area contributed by atoms with Crippen molar-refractivity contribution in [3.8, 4) is 5.75 Å². The molecule has 0 saturated heterocycles. The maximum atomic E-state index is 12.6. The maximum absolute atomic E-state index is 12.6. The fraction of sp³-hybridized carbons (Fsp3) is 0.0500. The molecule has 0 unspecified atom stereocenters. The molecule has 3 aromatic rings. The molecule has 3 aromatic carbocycles. The lowest BCUT2D eigenvalue weighted by Crippen LogP contribution is -2.30. The van der Waals surface area contributed by atoms with Crippen LogP contribution in [-0.4, -0.2) is 14.3 Å². The Labute approximate surface area is 180 Å². The van der Waals surface area contributed by atoms with Crippen LogP contribution in [0.4, 0.5) is 0 Å². The molecule has 0 aromatic heterocycles. The van der Waals surface area contributed by atoms with Crippen molar-refractivity contribution in [3.63, 3.8) is 0 Å². The summed E-state index contributed by atoms with van der Waals surface area (Å²) in [5.74, 6) is -0.459. The molecule has 1 amide bonds. The van der Waals surface area contributed by atoms with Crippen LogP contribution in [0.3, 0.4) is 0 Å². The van der Waals surface area contributed by atoms with Gasteiger partial charge in [-0.05, 0) is 48.0 Å². The van der Waals surface area contributed by atoms with Crippen molar-refractivity contribution in [1.29, 1.82) is 0 Å². The number of sulfonamides is 1. The van der Waals surface area contributed by atoms with Crippen LogP contribution in [0.15, 0.2) is 86.6 Å². The Morgan fingerprint density at radius 2 is 1.61 bits per heavy atom. The van der Waals surface area contributed by atoms with Crippen LogP contribution < -0.4 is 9.46 Å². The van der Waals surface area contributed by atoms with Crippen LogP contribution in [0.1, 0.15) is 15.9 Å². The van der Waals surface area contributed by atoms with Gasteiger partial charge in [0, 0.05) is 8.95 Å². The molecule has 1 N–H and O–H groups in total. The standard InChI is InChI=1S/C20H15Br2NO4S/c21-15-10-8-14(9-11-15)13-27-19-7-2-1-6-18(19)20(24)23-28(25,26)17-5-3-4-16(22)12-17/h1-12H,13H2,(H,23,24). The van der Waals surface area contributed by atoms with Gasteiger partial charge in [-0.3, -0.25) is 4.79 Å². The van der Waals surface area contributed by atoms with Crippen LogP contribution in [0, 0.1) is 0 Å². The topological polar surface area (TPSA) is 72.5 Å². The Morgan fingerprint density at radius 1 is 0.893 bits per heavy atom. The summed E-state index contributed by atoms with van der Waals surface area (Å²) >= 11 is 6.59. The highest BCUT2D eigenvalue weighted by Gasteiger charge is 2.21. The Bertz CT molecular complexity index is 1100. The monoisotopic (exact) mass is 523 g/mol. The average Bonchev–Trinajstić information content (AvgIpc) is 2.67. The SMILES string of the molecule is O=C(NS(=O)(=O)c1cccc(Br)c1)c1ccccc1OCc1ccc(Br)cc1. The van der Waals surface area contributed by atoms with Gasteiger partial charge in [0.15, 0.2) is 0 Å². The zero-order valence-corrected chi connectivity index (χ0v) is 18.4. The second-order valence-corrected chi connectivity index (χ2v) is 9.32. The molecule has 0 aliphatic carbocycles. The summed E-state index contributed by atoms with van der Waals surface area (Å²) in [5.41, 5.74) is 1.05. The van der Waals surface area contributed by atoms with E-state index in [2.05, 4.69) is 36.6 Å². The zero-order chi connectivity index (χ0) is 20.1. The molecular formula is C20H15Br2NO4S. The van der Waals surface area contributed by atoms with Crippen molar-refractivity contribution in [2.45, 2.75) is 11.5 Å². The molecule has 0 atom stereocenters. The molecule has 0 saturated carbocycles. The fourth-order valence-electron chi connectivity index (χ4n) is 2.39. The summed E-state index contributed by atoms with van der Waals surface area (Å²) in [6, 6.07) is 20.2. The molecule has 0 radical (unpaired) electrons. The van der Waals surface area contributed by atoms with Gasteiger partial charge in [0.2, 0.25) is 0 Å². The van der Waals surface area contributed by atoms with Crippen molar-refractivity contribution in [2.24, 2.45) is 0 Å². The summed E-state index contributed by atoms with van der Waals surface area (Å²) in [5, 5.41) is 0. The van der Waals surface area contributed by atoms with Gasteiger partial charge in [-0.1, -0.05) is 62.2 Å². The third kappa shape index (κ3) is 5.21. The average molecular weight is 525 g/mol. The minimum absolute atomic E-state index is 0.0107. The minimum atomic E-state index is -4.01. The van der Waals surface area contributed by atoms with E-state index in [0.29, 0.717) is 10.2 Å². The van der Waals surface area contributed by atoms with Crippen molar-refractivity contribution in [2.75, 3.05) is 0 Å². The fourth-order valence-corrected chi connectivity index (χ4v) is 4.22. The lowest BCUT2D eigenvalue weighted by molar-refractivity contribution is 0.0977. The van der Waals surface area contributed by atoms with Gasteiger partial charge in [-0.25, -0.2) is 13.1 Å². The molecule has 0 fully saturated rings. The zero-order valence-electron chi connectivity index (χ0n) is 14.4. The first-order valence-corrected chi connectivity index (χ1v) is 11.2. The van der Waals surface area contributed by atoms with E-state index in [0.717, 1.165) is 10.0 Å². The van der Waals surface area contributed by atoms with Gasteiger partial charge < -0.3 is 4.74 Å². The summed E-state index contributed by atoms with van der Waals surface area (Å²) in [4.78, 5) is 12.6. The number of hydrogen-bond donors (Lipinski definition) is 1. The van der Waals surface area contributed by atoms with Crippen molar-refractivity contribution >= 4 is 47.8 Å². The highest BCUT2D eigenvalue weighted by molar-refractivity contribution is 9.10. The molecule has 0 spiro atoms. The lowest BCUT2D eigenvalue weighted by atomic mass is 10.2. The Morgan fingerprint density at radius 3 is 2.32 bits per heavy atom. The number of halogens is 2. The number of carbonyl (C=O) groups excluding carboxylic acids is 1. The van der Waals surface area contributed by atoms with E-state index in [1.54, 1.807) is 30.3 Å². The van der Waals surface area contributed by atoms with Crippen molar-refractivity contribution < 1.29 is 17.9 Å². The number of carbonyl (C=O) groups is 1. The van der Waals surface area contributed by atoms with Gasteiger partial charge in [-0.15, -0.1) is 0 Å². The molecule has 0 heterocycles. The normalized spacial score (nSPS) is 11.1. The third-order valence-corrected chi connectivity index (χ3v) is 6.12. The second kappa shape index (κ2) is 8.89. The van der Waals surface area contributed by atoms with Crippen LogP contribution in [0.5, 0.6) is 5.75 Å². The first-order chi connectivity index (χ1) is 13.3. The van der Waals surface area contributed by atoms with Crippen LogP contribution in [0.2, 0.25) is 0 Å². The molecule has 144 valence electrons. The summed E-state index contributed by atoms with van der Waals surface area (Å²) in [6.07, 6.45) is 0. The van der Waals surface area contributed by atoms with Gasteiger partial charge in [0.1, 0.15) is 12.4 Å². The van der Waals surface area contributed by atoms with Crippen LogP contribution in [0.25, 0.3) is 0 Å². The van der Waals surface area contributed by atoms with Gasteiger partial charge in [0.25, 0.3) is 15.9 Å². The van der Waals surface area contributed by atoms with Gasteiger partial charge >= 0.3 is 0 Å². The number of para-hydroxylation sites is 1. The number of amides is 1. The van der Waals surface area contributed by atoms with Crippen molar-refractivity contribution in [3.05, 3.63) is 92.9 Å². The van der Waals surface area contributed by atoms with E-state index < -0.39 is 15.9 Å². The quantitative estimate of drug-likeness (QED) is 0.497. The Hall–Kier alpha value is -2.16. The molecule has 0 aliphatic heterocycles. The molecule has 0 aliphatic rings. The molecule has 3 rings (SSSR count). The Kier molecular flexibility index (Phi) is 6.53. The third-order valence-electron chi connectivity index (χ3n) is 3.77. The molecule has 5 nitrogen and oxygen atoms in total. The van der Waals surface area contributed by atoms with E-state index in [9.17, 15) is 13.2 Å². The summed E-state index contributed by atoms with van der Waals surface area (Å²) < 4.78 is 34.4. The molecule has 0 bridgehead atoms. The van der Waals surface area contributed by atoms with Gasteiger partial charge in [0.05, 0.1) is 10.5 Å². The first-order valence-electron chi connectivity index (χ1n) is 8.14. The molecule has 28 heavy (non-hydrogen) atoms. The number of nitrogens with one attached hydrogen (secondary N) is 1. The highest BCUT2D eigenvalue weighted by atomic mass is 79.9. The number of benzene rings is 3. The minimum Gasteiger partial charge on any atom is -0.488 e. The van der Waals surface area contributed by atoms with E-state index in [-0.39, 0.29) is 17.1 Å². The highest BCUT2D eigenvalue weighted by Crippen LogP contribution is 2.22. The van der Waals surface area contributed by atoms with Crippen LogP contribution in [-0.2, 0) is 16.6 Å². The summed E-state index contributed by atoms with van der Waals surface area (Å²) in [7, 11) is -4.01. The van der Waals surface area contributed by atoms with E-state index in [1.807, 2.05) is 24.3 Å².